The third-order valence-electron chi connectivity index (χ3n) is 4.66. The summed E-state index contributed by atoms with van der Waals surface area (Å²) in [6.07, 6.45) is 7.90. The van der Waals surface area contributed by atoms with Gasteiger partial charge in [-0.1, -0.05) is 0 Å². The molecule has 0 radical (unpaired) electrons. The first kappa shape index (κ1) is 14.5. The van der Waals surface area contributed by atoms with Gasteiger partial charge < -0.3 is 15.6 Å². The van der Waals surface area contributed by atoms with Gasteiger partial charge in [-0.3, -0.25) is 9.69 Å². The highest BCUT2D eigenvalue weighted by Gasteiger charge is 2.36. The maximum absolute atomic E-state index is 12.6. The van der Waals surface area contributed by atoms with Crippen LogP contribution in [0.2, 0.25) is 0 Å². The summed E-state index contributed by atoms with van der Waals surface area (Å²) in [4.78, 5) is 22.3. The minimum absolute atomic E-state index is 0.0329. The van der Waals surface area contributed by atoms with Crippen molar-refractivity contribution in [2.24, 2.45) is 0 Å². The molecule has 2 aliphatic rings. The Balaban J connectivity index is 1.60. The lowest BCUT2D eigenvalue weighted by molar-refractivity contribution is -0.127. The summed E-state index contributed by atoms with van der Waals surface area (Å²) in [5, 5.41) is 6.50. The van der Waals surface area contributed by atoms with Crippen LogP contribution in [0.3, 0.4) is 0 Å². The van der Waals surface area contributed by atoms with E-state index >= 15 is 0 Å². The number of aromatic nitrogens is 2. The van der Waals surface area contributed by atoms with Gasteiger partial charge in [0, 0.05) is 18.4 Å². The van der Waals surface area contributed by atoms with Gasteiger partial charge in [0.05, 0.1) is 12.1 Å². The Hall–Kier alpha value is -1.40. The summed E-state index contributed by atoms with van der Waals surface area (Å²) in [6, 6.07) is 0.525. The summed E-state index contributed by atoms with van der Waals surface area (Å²) in [7, 11) is 0. The second kappa shape index (κ2) is 6.58. The zero-order valence-electron chi connectivity index (χ0n) is 12.6. The van der Waals surface area contributed by atoms with Crippen molar-refractivity contribution >= 4 is 5.91 Å². The Morgan fingerprint density at radius 2 is 2.24 bits per heavy atom. The first-order valence-electron chi connectivity index (χ1n) is 8.02. The van der Waals surface area contributed by atoms with Gasteiger partial charge in [-0.2, -0.15) is 0 Å². The number of H-pyrrole nitrogens is 1. The third-order valence-corrected chi connectivity index (χ3v) is 4.66. The van der Waals surface area contributed by atoms with Gasteiger partial charge in [0.15, 0.2) is 0 Å². The van der Waals surface area contributed by atoms with Gasteiger partial charge in [0.25, 0.3) is 0 Å². The van der Waals surface area contributed by atoms with Gasteiger partial charge in [-0.15, -0.1) is 0 Å². The molecule has 2 fully saturated rings. The van der Waals surface area contributed by atoms with Crippen LogP contribution in [0, 0.1) is 0 Å². The van der Waals surface area contributed by atoms with Crippen molar-refractivity contribution in [1.29, 1.82) is 0 Å². The molecule has 0 saturated carbocycles. The molecule has 1 amide bonds. The maximum atomic E-state index is 12.6. The molecule has 0 spiro atoms. The standard InChI is InChI=1S/C15H25N5O/c1-11(14-17-8-9-18-14)19-15(21)13-3-2-10-20(13)12-4-6-16-7-5-12/h8-9,11-13,16H,2-7,10H2,1H3,(H,17,18)(H,19,21). The normalized spacial score (nSPS) is 25.9. The Bertz CT molecular complexity index is 455. The molecule has 0 aliphatic carbocycles. The summed E-state index contributed by atoms with van der Waals surface area (Å²) in [5.41, 5.74) is 0. The predicted octanol–water partition coefficient (Wildman–Crippen LogP) is 0.803. The Morgan fingerprint density at radius 3 is 2.95 bits per heavy atom. The predicted molar refractivity (Wildman–Crippen MR) is 80.8 cm³/mol. The minimum atomic E-state index is -0.0667. The quantitative estimate of drug-likeness (QED) is 0.767. The highest BCUT2D eigenvalue weighted by atomic mass is 16.2. The van der Waals surface area contributed by atoms with Crippen LogP contribution in [0.15, 0.2) is 12.4 Å². The maximum Gasteiger partial charge on any atom is 0.237 e. The fourth-order valence-corrected chi connectivity index (χ4v) is 3.54. The Labute approximate surface area is 125 Å². The van der Waals surface area contributed by atoms with Crippen molar-refractivity contribution in [3.05, 3.63) is 18.2 Å². The number of carbonyl (C=O) groups is 1. The Kier molecular flexibility index (Phi) is 4.55. The van der Waals surface area contributed by atoms with Crippen LogP contribution in [0.25, 0.3) is 0 Å². The van der Waals surface area contributed by atoms with E-state index in [0.29, 0.717) is 6.04 Å². The smallest absolute Gasteiger partial charge is 0.237 e. The first-order valence-corrected chi connectivity index (χ1v) is 8.02. The van der Waals surface area contributed by atoms with Crippen LogP contribution in [-0.2, 0) is 4.79 Å². The van der Waals surface area contributed by atoms with E-state index in [-0.39, 0.29) is 18.0 Å². The largest absolute Gasteiger partial charge is 0.347 e. The van der Waals surface area contributed by atoms with Crippen molar-refractivity contribution in [1.82, 2.24) is 25.5 Å². The van der Waals surface area contributed by atoms with Crippen LogP contribution in [-0.4, -0.2) is 52.5 Å². The number of rotatable bonds is 4. The number of imidazole rings is 1. The number of nitrogens with one attached hydrogen (secondary N) is 3. The van der Waals surface area contributed by atoms with E-state index in [1.165, 1.54) is 0 Å². The fraction of sp³-hybridized carbons (Fsp3) is 0.733. The van der Waals surface area contributed by atoms with Crippen LogP contribution in [0.5, 0.6) is 0 Å². The molecule has 2 unspecified atom stereocenters. The van der Waals surface area contributed by atoms with E-state index in [9.17, 15) is 4.79 Å². The van der Waals surface area contributed by atoms with E-state index in [1.807, 2.05) is 6.92 Å². The third kappa shape index (κ3) is 3.27. The van der Waals surface area contributed by atoms with E-state index in [0.717, 1.165) is 51.1 Å². The average molecular weight is 291 g/mol. The van der Waals surface area contributed by atoms with Crippen LogP contribution < -0.4 is 10.6 Å². The second-order valence-electron chi connectivity index (χ2n) is 6.08. The lowest BCUT2D eigenvalue weighted by atomic mass is 10.0. The van der Waals surface area contributed by atoms with Crippen molar-refractivity contribution in [3.8, 4) is 0 Å². The fourth-order valence-electron chi connectivity index (χ4n) is 3.54. The number of piperidine rings is 1. The van der Waals surface area contributed by atoms with E-state index in [2.05, 4.69) is 25.5 Å². The molecule has 6 nitrogen and oxygen atoms in total. The number of carbonyl (C=O) groups excluding carboxylic acids is 1. The number of aromatic amines is 1. The summed E-state index contributed by atoms with van der Waals surface area (Å²) >= 11 is 0. The van der Waals surface area contributed by atoms with Crippen molar-refractivity contribution < 1.29 is 4.79 Å². The molecule has 2 aliphatic heterocycles. The van der Waals surface area contributed by atoms with Crippen LogP contribution in [0.4, 0.5) is 0 Å². The molecule has 21 heavy (non-hydrogen) atoms. The number of likely N-dealkylation sites (tertiary alicyclic amines) is 1. The van der Waals surface area contributed by atoms with E-state index in [4.69, 9.17) is 0 Å². The van der Waals surface area contributed by atoms with Crippen LogP contribution in [0.1, 0.15) is 44.5 Å². The summed E-state index contributed by atoms with van der Waals surface area (Å²) < 4.78 is 0. The zero-order chi connectivity index (χ0) is 14.7. The molecule has 1 aromatic heterocycles. The molecule has 0 bridgehead atoms. The van der Waals surface area contributed by atoms with Crippen LogP contribution >= 0.6 is 0 Å². The summed E-state index contributed by atoms with van der Waals surface area (Å²) in [5.74, 6) is 0.963. The summed E-state index contributed by atoms with van der Waals surface area (Å²) in [6.45, 7) is 5.16. The molecular weight excluding hydrogens is 266 g/mol. The van der Waals surface area contributed by atoms with E-state index in [1.54, 1.807) is 12.4 Å². The molecule has 0 aromatic carbocycles. The molecule has 3 N–H and O–H groups in total. The number of amides is 1. The highest BCUT2D eigenvalue weighted by Crippen LogP contribution is 2.25. The lowest BCUT2D eigenvalue weighted by Crippen LogP contribution is -2.51. The number of hydrogen-bond donors (Lipinski definition) is 3. The molecule has 2 saturated heterocycles. The SMILES string of the molecule is CC(NC(=O)C1CCCN1C1CCNCC1)c1ncc[nH]1. The average Bonchev–Trinajstić information content (AvgIpc) is 3.19. The number of hydrogen-bond acceptors (Lipinski definition) is 4. The molecule has 1 aromatic rings. The first-order chi connectivity index (χ1) is 10.3. The minimum Gasteiger partial charge on any atom is -0.347 e. The van der Waals surface area contributed by atoms with Gasteiger partial charge in [0.2, 0.25) is 5.91 Å². The molecule has 116 valence electrons. The lowest BCUT2D eigenvalue weighted by Gasteiger charge is -2.35. The Morgan fingerprint density at radius 1 is 1.43 bits per heavy atom. The molecular formula is C15H25N5O. The topological polar surface area (TPSA) is 73.1 Å². The van der Waals surface area contributed by atoms with Gasteiger partial charge in [-0.05, 0) is 52.2 Å². The van der Waals surface area contributed by atoms with Gasteiger partial charge in [-0.25, -0.2) is 4.98 Å². The zero-order valence-corrected chi connectivity index (χ0v) is 12.6. The molecule has 3 rings (SSSR count). The molecule has 2 atom stereocenters. The molecule has 3 heterocycles. The number of nitrogens with zero attached hydrogens (tertiary/aromatic N) is 2. The van der Waals surface area contributed by atoms with E-state index < -0.39 is 0 Å². The van der Waals surface area contributed by atoms with Crippen molar-refractivity contribution in [2.45, 2.75) is 50.7 Å². The highest BCUT2D eigenvalue weighted by molar-refractivity contribution is 5.82. The van der Waals surface area contributed by atoms with Crippen molar-refractivity contribution in [3.63, 3.8) is 0 Å². The van der Waals surface area contributed by atoms with Crippen molar-refractivity contribution in [2.75, 3.05) is 19.6 Å². The van der Waals surface area contributed by atoms with Gasteiger partial charge in [0.1, 0.15) is 5.82 Å². The second-order valence-corrected chi connectivity index (χ2v) is 6.08. The molecule has 6 heteroatoms. The van der Waals surface area contributed by atoms with Gasteiger partial charge >= 0.3 is 0 Å². The monoisotopic (exact) mass is 291 g/mol.